The van der Waals surface area contributed by atoms with Crippen molar-refractivity contribution >= 4 is 15.9 Å². The summed E-state index contributed by atoms with van der Waals surface area (Å²) in [6.07, 6.45) is 1.90. The van der Waals surface area contributed by atoms with Crippen LogP contribution in [0.1, 0.15) is 36.6 Å². The lowest BCUT2D eigenvalue weighted by atomic mass is 9.97. The molecule has 2 aromatic rings. The Hall–Kier alpha value is -1.19. The summed E-state index contributed by atoms with van der Waals surface area (Å²) in [4.78, 5) is 0. The Balaban J connectivity index is 2.23. The maximum atomic E-state index is 13.5. The minimum atomic E-state index is -0.197. The molecule has 0 saturated carbocycles. The van der Waals surface area contributed by atoms with Gasteiger partial charge in [-0.3, -0.25) is 0 Å². The van der Waals surface area contributed by atoms with Gasteiger partial charge in [0.15, 0.2) is 0 Å². The molecule has 0 amide bonds. The van der Waals surface area contributed by atoms with Crippen LogP contribution >= 0.6 is 15.9 Å². The van der Waals surface area contributed by atoms with Gasteiger partial charge in [0.2, 0.25) is 0 Å². The zero-order valence-corrected chi connectivity index (χ0v) is 14.1. The lowest BCUT2D eigenvalue weighted by molar-refractivity contribution is 0.540. The van der Waals surface area contributed by atoms with Crippen LogP contribution in [0.3, 0.4) is 0 Å². The standard InChI is InChI=1S/C18H21BrFN/c1-3-13-5-7-14(8-6-13)11-18(21-4-2)16-12-15(20)9-10-17(16)19/h5-10,12,18,21H,3-4,11H2,1-2H3. The number of aryl methyl sites for hydroxylation is 1. The van der Waals surface area contributed by atoms with Crippen molar-refractivity contribution in [3.63, 3.8) is 0 Å². The van der Waals surface area contributed by atoms with Crippen molar-refractivity contribution in [1.29, 1.82) is 0 Å². The van der Waals surface area contributed by atoms with Crippen LogP contribution in [0.5, 0.6) is 0 Å². The highest BCUT2D eigenvalue weighted by molar-refractivity contribution is 9.10. The molecule has 3 heteroatoms. The molecular weight excluding hydrogens is 329 g/mol. The minimum Gasteiger partial charge on any atom is -0.310 e. The Morgan fingerprint density at radius 2 is 1.71 bits per heavy atom. The Bertz CT molecular complexity index is 580. The molecule has 0 aromatic heterocycles. The molecule has 112 valence electrons. The molecule has 21 heavy (non-hydrogen) atoms. The summed E-state index contributed by atoms with van der Waals surface area (Å²) in [7, 11) is 0. The summed E-state index contributed by atoms with van der Waals surface area (Å²) >= 11 is 3.53. The second-order valence-corrected chi connectivity index (χ2v) is 6.00. The van der Waals surface area contributed by atoms with Crippen molar-refractivity contribution in [2.75, 3.05) is 6.54 Å². The van der Waals surface area contributed by atoms with Crippen LogP contribution in [-0.4, -0.2) is 6.54 Å². The van der Waals surface area contributed by atoms with Crippen LogP contribution in [0, 0.1) is 5.82 Å². The SMILES string of the molecule is CCNC(Cc1ccc(CC)cc1)c1cc(F)ccc1Br. The normalized spacial score (nSPS) is 12.4. The molecule has 1 nitrogen and oxygen atoms in total. The summed E-state index contributed by atoms with van der Waals surface area (Å²) in [6.45, 7) is 5.07. The van der Waals surface area contributed by atoms with Gasteiger partial charge in [-0.1, -0.05) is 54.0 Å². The van der Waals surface area contributed by atoms with Crippen molar-refractivity contribution in [2.45, 2.75) is 32.7 Å². The van der Waals surface area contributed by atoms with E-state index in [2.05, 4.69) is 59.4 Å². The highest BCUT2D eigenvalue weighted by Gasteiger charge is 2.15. The van der Waals surface area contributed by atoms with Crippen molar-refractivity contribution < 1.29 is 4.39 Å². The summed E-state index contributed by atoms with van der Waals surface area (Å²) in [6, 6.07) is 13.6. The minimum absolute atomic E-state index is 0.104. The van der Waals surface area contributed by atoms with E-state index in [1.165, 1.54) is 17.2 Å². The van der Waals surface area contributed by atoms with E-state index < -0.39 is 0 Å². The zero-order valence-electron chi connectivity index (χ0n) is 12.5. The second kappa shape index (κ2) is 7.71. The third-order valence-electron chi connectivity index (χ3n) is 3.66. The van der Waals surface area contributed by atoms with Crippen molar-refractivity contribution in [2.24, 2.45) is 0 Å². The molecule has 0 saturated heterocycles. The highest BCUT2D eigenvalue weighted by Crippen LogP contribution is 2.27. The van der Waals surface area contributed by atoms with Crippen LogP contribution in [0.4, 0.5) is 4.39 Å². The van der Waals surface area contributed by atoms with Gasteiger partial charge in [-0.25, -0.2) is 4.39 Å². The molecule has 0 heterocycles. The number of hydrogen-bond donors (Lipinski definition) is 1. The van der Waals surface area contributed by atoms with Gasteiger partial charge >= 0.3 is 0 Å². The molecule has 0 spiro atoms. The number of likely N-dealkylation sites (N-methyl/N-ethyl adjacent to an activating group) is 1. The fourth-order valence-corrected chi connectivity index (χ4v) is 2.99. The number of rotatable bonds is 6. The fraction of sp³-hybridized carbons (Fsp3) is 0.333. The molecule has 1 N–H and O–H groups in total. The van der Waals surface area contributed by atoms with Crippen LogP contribution < -0.4 is 5.32 Å². The smallest absolute Gasteiger partial charge is 0.123 e. The lowest BCUT2D eigenvalue weighted by Gasteiger charge is -2.20. The summed E-state index contributed by atoms with van der Waals surface area (Å²) in [5, 5.41) is 3.45. The van der Waals surface area contributed by atoms with Gasteiger partial charge in [-0.05, 0) is 54.3 Å². The fourth-order valence-electron chi connectivity index (χ4n) is 2.47. The molecule has 0 bridgehead atoms. The van der Waals surface area contributed by atoms with E-state index in [-0.39, 0.29) is 11.9 Å². The first-order valence-electron chi connectivity index (χ1n) is 7.40. The number of halogens is 2. The van der Waals surface area contributed by atoms with Gasteiger partial charge in [-0.15, -0.1) is 0 Å². The van der Waals surface area contributed by atoms with Crippen LogP contribution in [-0.2, 0) is 12.8 Å². The molecule has 0 radical (unpaired) electrons. The van der Waals surface area contributed by atoms with Gasteiger partial charge in [0, 0.05) is 10.5 Å². The van der Waals surface area contributed by atoms with Gasteiger partial charge in [0.05, 0.1) is 0 Å². The third-order valence-corrected chi connectivity index (χ3v) is 4.38. The van der Waals surface area contributed by atoms with E-state index in [1.807, 2.05) is 0 Å². The predicted octanol–water partition coefficient (Wildman–Crippen LogP) is 5.04. The Morgan fingerprint density at radius 3 is 2.33 bits per heavy atom. The van der Waals surface area contributed by atoms with Crippen molar-refractivity contribution in [3.8, 4) is 0 Å². The van der Waals surface area contributed by atoms with Gasteiger partial charge in [0.1, 0.15) is 5.82 Å². The van der Waals surface area contributed by atoms with E-state index >= 15 is 0 Å². The van der Waals surface area contributed by atoms with Crippen LogP contribution in [0.15, 0.2) is 46.9 Å². The number of hydrogen-bond acceptors (Lipinski definition) is 1. The Kier molecular flexibility index (Phi) is 5.95. The summed E-state index contributed by atoms with van der Waals surface area (Å²) < 4.78 is 14.5. The van der Waals surface area contributed by atoms with E-state index in [0.29, 0.717) is 0 Å². The largest absolute Gasteiger partial charge is 0.310 e. The lowest BCUT2D eigenvalue weighted by Crippen LogP contribution is -2.23. The van der Waals surface area contributed by atoms with Crippen LogP contribution in [0.25, 0.3) is 0 Å². The van der Waals surface area contributed by atoms with Gasteiger partial charge in [-0.2, -0.15) is 0 Å². The van der Waals surface area contributed by atoms with E-state index in [0.717, 1.165) is 29.4 Å². The topological polar surface area (TPSA) is 12.0 Å². The molecule has 2 rings (SSSR count). The first-order valence-corrected chi connectivity index (χ1v) is 8.19. The average molecular weight is 350 g/mol. The molecule has 1 unspecified atom stereocenters. The molecular formula is C18H21BrFN. The zero-order chi connectivity index (χ0) is 15.2. The maximum Gasteiger partial charge on any atom is 0.123 e. The molecule has 0 aliphatic carbocycles. The Labute approximate surface area is 134 Å². The summed E-state index contributed by atoms with van der Waals surface area (Å²) in [5.74, 6) is -0.197. The molecule has 2 aromatic carbocycles. The first kappa shape index (κ1) is 16.2. The molecule has 0 fully saturated rings. The van der Waals surface area contributed by atoms with E-state index in [9.17, 15) is 4.39 Å². The monoisotopic (exact) mass is 349 g/mol. The third kappa shape index (κ3) is 4.39. The Morgan fingerprint density at radius 1 is 1.05 bits per heavy atom. The molecule has 0 aliphatic heterocycles. The van der Waals surface area contributed by atoms with Crippen molar-refractivity contribution in [3.05, 3.63) is 69.4 Å². The number of benzene rings is 2. The molecule has 0 aliphatic rings. The quantitative estimate of drug-likeness (QED) is 0.769. The predicted molar refractivity (Wildman–Crippen MR) is 90.0 cm³/mol. The second-order valence-electron chi connectivity index (χ2n) is 5.15. The van der Waals surface area contributed by atoms with Gasteiger partial charge in [0.25, 0.3) is 0 Å². The summed E-state index contributed by atoms with van der Waals surface area (Å²) in [5.41, 5.74) is 3.57. The first-order chi connectivity index (χ1) is 10.1. The average Bonchev–Trinajstić information content (AvgIpc) is 2.50. The highest BCUT2D eigenvalue weighted by atomic mass is 79.9. The van der Waals surface area contributed by atoms with E-state index in [1.54, 1.807) is 12.1 Å². The maximum absolute atomic E-state index is 13.5. The van der Waals surface area contributed by atoms with E-state index in [4.69, 9.17) is 0 Å². The molecule has 1 atom stereocenters. The van der Waals surface area contributed by atoms with Gasteiger partial charge < -0.3 is 5.32 Å². The van der Waals surface area contributed by atoms with Crippen molar-refractivity contribution in [1.82, 2.24) is 5.32 Å². The number of nitrogens with one attached hydrogen (secondary N) is 1. The van der Waals surface area contributed by atoms with Crippen LogP contribution in [0.2, 0.25) is 0 Å².